The molecule has 62 valence electrons. The van der Waals surface area contributed by atoms with E-state index in [1.54, 1.807) is 21.0 Å². The largest absolute Gasteiger partial charge is 0.388 e. The monoisotopic (exact) mass is 146 g/mol. The second-order valence-corrected chi connectivity index (χ2v) is 3.55. The average molecular weight is 146 g/mol. The fourth-order valence-corrected chi connectivity index (χ4v) is 1.38. The Labute approximate surface area is 63.2 Å². The van der Waals surface area contributed by atoms with Crippen molar-refractivity contribution in [2.24, 2.45) is 5.92 Å². The van der Waals surface area contributed by atoms with Crippen LogP contribution in [0.25, 0.3) is 0 Å². The first-order valence-corrected chi connectivity index (χ1v) is 3.64. The minimum Gasteiger partial charge on any atom is -0.388 e. The predicted octanol–water partition coefficient (Wildman–Crippen LogP) is 1.43. The molecular formula is C8H18O2. The Balaban J connectivity index is 4.07. The molecule has 0 aliphatic heterocycles. The van der Waals surface area contributed by atoms with E-state index in [4.69, 9.17) is 4.74 Å². The van der Waals surface area contributed by atoms with Gasteiger partial charge in [0.25, 0.3) is 0 Å². The van der Waals surface area contributed by atoms with Gasteiger partial charge in [0.15, 0.2) is 0 Å². The molecule has 0 saturated carbocycles. The molecule has 10 heavy (non-hydrogen) atoms. The lowest BCUT2D eigenvalue weighted by atomic mass is 9.92. The Morgan fingerprint density at radius 2 is 1.70 bits per heavy atom. The van der Waals surface area contributed by atoms with Crippen LogP contribution in [0, 0.1) is 5.92 Å². The first-order valence-electron chi connectivity index (χ1n) is 3.64. The average Bonchev–Trinajstić information content (AvgIpc) is 1.60. The number of hydrogen-bond donors (Lipinski definition) is 1. The van der Waals surface area contributed by atoms with Gasteiger partial charge in [0.05, 0.1) is 11.7 Å². The molecule has 0 aromatic carbocycles. The topological polar surface area (TPSA) is 29.5 Å². The number of ether oxygens (including phenoxy) is 1. The molecule has 0 rings (SSSR count). The van der Waals surface area contributed by atoms with E-state index in [0.29, 0.717) is 5.92 Å². The highest BCUT2D eigenvalue weighted by atomic mass is 16.5. The molecule has 0 radical (unpaired) electrons. The quantitative estimate of drug-likeness (QED) is 0.652. The molecule has 0 aliphatic carbocycles. The minimum atomic E-state index is -0.733. The van der Waals surface area contributed by atoms with Gasteiger partial charge in [0.2, 0.25) is 0 Å². The molecule has 0 amide bonds. The number of aliphatic hydroxyl groups is 1. The van der Waals surface area contributed by atoms with Gasteiger partial charge in [0.1, 0.15) is 0 Å². The molecule has 0 unspecified atom stereocenters. The summed E-state index contributed by atoms with van der Waals surface area (Å²) in [6.45, 7) is 7.60. The number of methoxy groups -OCH3 is 1. The summed E-state index contributed by atoms with van der Waals surface area (Å²) in [6, 6.07) is 0. The SMILES string of the molecule is CO[C@@H](C(C)C)C(C)(C)O. The maximum absolute atomic E-state index is 9.52. The van der Waals surface area contributed by atoms with E-state index in [-0.39, 0.29) is 6.10 Å². The summed E-state index contributed by atoms with van der Waals surface area (Å²) in [5.74, 6) is 0.352. The lowest BCUT2D eigenvalue weighted by molar-refractivity contribution is -0.0908. The Bertz CT molecular complexity index is 91.9. The van der Waals surface area contributed by atoms with Gasteiger partial charge in [0, 0.05) is 7.11 Å². The highest BCUT2D eigenvalue weighted by Crippen LogP contribution is 2.18. The summed E-state index contributed by atoms with van der Waals surface area (Å²) >= 11 is 0. The first-order chi connectivity index (χ1) is 4.39. The van der Waals surface area contributed by atoms with Crippen molar-refractivity contribution in [2.45, 2.75) is 39.4 Å². The molecule has 0 aromatic rings. The van der Waals surface area contributed by atoms with Crippen LogP contribution in [0.4, 0.5) is 0 Å². The fourth-order valence-electron chi connectivity index (χ4n) is 1.38. The first kappa shape index (κ1) is 9.92. The van der Waals surface area contributed by atoms with E-state index in [2.05, 4.69) is 0 Å². The Kier molecular flexibility index (Phi) is 3.33. The van der Waals surface area contributed by atoms with Crippen molar-refractivity contribution in [3.05, 3.63) is 0 Å². The summed E-state index contributed by atoms with van der Waals surface area (Å²) in [5, 5.41) is 9.52. The van der Waals surface area contributed by atoms with Crippen LogP contribution in [0.5, 0.6) is 0 Å². The molecule has 0 heterocycles. The van der Waals surface area contributed by atoms with Crippen molar-refractivity contribution in [3.63, 3.8) is 0 Å². The van der Waals surface area contributed by atoms with Gasteiger partial charge in [-0.1, -0.05) is 13.8 Å². The number of hydrogen-bond acceptors (Lipinski definition) is 2. The third-order valence-electron chi connectivity index (χ3n) is 1.56. The highest BCUT2D eigenvalue weighted by molar-refractivity contribution is 4.79. The minimum absolute atomic E-state index is 0.0764. The second-order valence-electron chi connectivity index (χ2n) is 3.55. The standard InChI is InChI=1S/C8H18O2/c1-6(2)7(10-5)8(3,4)9/h6-7,9H,1-5H3/t7-/m0/s1. The van der Waals surface area contributed by atoms with E-state index < -0.39 is 5.60 Å². The smallest absolute Gasteiger partial charge is 0.0875 e. The Morgan fingerprint density at radius 1 is 1.30 bits per heavy atom. The van der Waals surface area contributed by atoms with Gasteiger partial charge in [-0.05, 0) is 19.8 Å². The summed E-state index contributed by atoms with van der Waals surface area (Å²) < 4.78 is 5.13. The summed E-state index contributed by atoms with van der Waals surface area (Å²) in [4.78, 5) is 0. The van der Waals surface area contributed by atoms with Gasteiger partial charge in [-0.25, -0.2) is 0 Å². The molecule has 0 fully saturated rings. The summed E-state index contributed by atoms with van der Waals surface area (Å²) in [6.07, 6.45) is -0.0764. The Morgan fingerprint density at radius 3 is 1.70 bits per heavy atom. The van der Waals surface area contributed by atoms with Gasteiger partial charge in [-0.3, -0.25) is 0 Å². The normalized spacial score (nSPS) is 15.9. The van der Waals surface area contributed by atoms with Crippen molar-refractivity contribution in [1.82, 2.24) is 0 Å². The van der Waals surface area contributed by atoms with Gasteiger partial charge in [-0.15, -0.1) is 0 Å². The van der Waals surface area contributed by atoms with Crippen LogP contribution in [-0.4, -0.2) is 23.9 Å². The molecule has 0 aromatic heterocycles. The lowest BCUT2D eigenvalue weighted by Gasteiger charge is -2.30. The van der Waals surface area contributed by atoms with E-state index in [0.717, 1.165) is 0 Å². The molecule has 2 heteroatoms. The van der Waals surface area contributed by atoms with Crippen molar-refractivity contribution in [3.8, 4) is 0 Å². The third kappa shape index (κ3) is 2.67. The predicted molar refractivity (Wildman–Crippen MR) is 41.9 cm³/mol. The van der Waals surface area contributed by atoms with Crippen molar-refractivity contribution in [2.75, 3.05) is 7.11 Å². The zero-order chi connectivity index (χ0) is 8.36. The van der Waals surface area contributed by atoms with Crippen molar-refractivity contribution in [1.29, 1.82) is 0 Å². The number of rotatable bonds is 3. The fraction of sp³-hybridized carbons (Fsp3) is 1.00. The molecule has 0 aliphatic rings. The van der Waals surface area contributed by atoms with E-state index in [1.807, 2.05) is 13.8 Å². The Hall–Kier alpha value is -0.0800. The maximum atomic E-state index is 9.52. The van der Waals surface area contributed by atoms with Gasteiger partial charge >= 0.3 is 0 Å². The zero-order valence-electron chi connectivity index (χ0n) is 7.51. The van der Waals surface area contributed by atoms with Crippen molar-refractivity contribution < 1.29 is 9.84 Å². The van der Waals surface area contributed by atoms with Crippen LogP contribution in [-0.2, 0) is 4.74 Å². The van der Waals surface area contributed by atoms with Crippen LogP contribution >= 0.6 is 0 Å². The van der Waals surface area contributed by atoms with Crippen LogP contribution in [0.1, 0.15) is 27.7 Å². The molecular weight excluding hydrogens is 128 g/mol. The molecule has 0 bridgehead atoms. The molecule has 2 nitrogen and oxygen atoms in total. The van der Waals surface area contributed by atoms with Crippen LogP contribution in [0.15, 0.2) is 0 Å². The summed E-state index contributed by atoms with van der Waals surface area (Å²) in [5.41, 5.74) is -0.733. The molecule has 1 N–H and O–H groups in total. The van der Waals surface area contributed by atoms with Gasteiger partial charge in [-0.2, -0.15) is 0 Å². The van der Waals surface area contributed by atoms with Gasteiger partial charge < -0.3 is 9.84 Å². The van der Waals surface area contributed by atoms with Crippen molar-refractivity contribution >= 4 is 0 Å². The third-order valence-corrected chi connectivity index (χ3v) is 1.56. The molecule has 1 atom stereocenters. The van der Waals surface area contributed by atoms with Crippen LogP contribution in [0.2, 0.25) is 0 Å². The second kappa shape index (κ2) is 3.35. The lowest BCUT2D eigenvalue weighted by Crippen LogP contribution is -2.41. The molecule has 0 spiro atoms. The van der Waals surface area contributed by atoms with Crippen LogP contribution in [0.3, 0.4) is 0 Å². The van der Waals surface area contributed by atoms with Crippen LogP contribution < -0.4 is 0 Å². The summed E-state index contributed by atoms with van der Waals surface area (Å²) in [7, 11) is 1.63. The van der Waals surface area contributed by atoms with E-state index in [9.17, 15) is 5.11 Å². The van der Waals surface area contributed by atoms with E-state index >= 15 is 0 Å². The highest BCUT2D eigenvalue weighted by Gasteiger charge is 2.28. The zero-order valence-corrected chi connectivity index (χ0v) is 7.51. The van der Waals surface area contributed by atoms with E-state index in [1.165, 1.54) is 0 Å². The molecule has 0 saturated heterocycles. The maximum Gasteiger partial charge on any atom is 0.0875 e.